The van der Waals surface area contributed by atoms with Gasteiger partial charge in [-0.2, -0.15) is 0 Å². The lowest BCUT2D eigenvalue weighted by Gasteiger charge is -2.24. The van der Waals surface area contributed by atoms with E-state index in [2.05, 4.69) is 20.0 Å². The molecule has 0 fully saturated rings. The van der Waals surface area contributed by atoms with E-state index in [9.17, 15) is 0 Å². The molecule has 0 heterocycles. The molecule has 0 saturated carbocycles. The number of hydrogen-bond donors (Lipinski definition) is 0. The smallest absolute Gasteiger partial charge is 0.161 e. The average molecular weight is 225 g/mol. The van der Waals surface area contributed by atoms with Crippen LogP contribution < -0.4 is 0 Å². The normalized spacial score (nSPS) is 19.9. The molecule has 0 aliphatic rings. The highest BCUT2D eigenvalue weighted by molar-refractivity contribution is 6.75. The Bertz CT molecular complexity index is 92.5. The van der Waals surface area contributed by atoms with Crippen LogP contribution in [0.1, 0.15) is 13.3 Å². The predicted molar refractivity (Wildman–Crippen MR) is 62.1 cm³/mol. The van der Waals surface area contributed by atoms with Crippen molar-refractivity contribution in [3.05, 3.63) is 0 Å². The lowest BCUT2D eigenvalue weighted by atomic mass is 10.6. The Morgan fingerprint density at radius 2 is 1.55 bits per heavy atom. The maximum absolute atomic E-state index is 5.57. The van der Waals surface area contributed by atoms with Gasteiger partial charge in [0.25, 0.3) is 0 Å². The molecular weight excluding hydrogens is 204 g/mol. The zero-order valence-electron chi connectivity index (χ0n) is 8.26. The zero-order valence-corrected chi connectivity index (χ0v) is 14.6. The van der Waals surface area contributed by atoms with E-state index in [0.29, 0.717) is 0 Å². The van der Waals surface area contributed by atoms with Gasteiger partial charge in [0.2, 0.25) is 0 Å². The van der Waals surface area contributed by atoms with E-state index in [4.69, 9.17) is 8.23 Å². The highest BCUT2D eigenvalue weighted by atomic mass is 28.4. The highest BCUT2D eigenvalue weighted by Crippen LogP contribution is 2.19. The van der Waals surface area contributed by atoms with Crippen molar-refractivity contribution in [2.24, 2.45) is 0 Å². The first-order chi connectivity index (χ1) is 5.17. The van der Waals surface area contributed by atoms with Crippen molar-refractivity contribution in [2.75, 3.05) is 0 Å². The summed E-state index contributed by atoms with van der Waals surface area (Å²) in [5.41, 5.74) is 0. The van der Waals surface area contributed by atoms with Crippen molar-refractivity contribution < 1.29 is 8.23 Å². The number of hydrogen-bond acceptors (Lipinski definition) is 2. The van der Waals surface area contributed by atoms with E-state index >= 15 is 0 Å². The fourth-order valence-corrected chi connectivity index (χ4v) is 11.4. The van der Waals surface area contributed by atoms with Crippen molar-refractivity contribution in [2.45, 2.75) is 31.6 Å². The van der Waals surface area contributed by atoms with Crippen LogP contribution in [-0.4, -0.2) is 39.1 Å². The molecule has 68 valence electrons. The average Bonchev–Trinajstić information content (AvgIpc) is 2.05. The summed E-state index contributed by atoms with van der Waals surface area (Å²) in [5.74, 6) is 0. The topological polar surface area (TPSA) is 18.5 Å². The van der Waals surface area contributed by atoms with Crippen LogP contribution in [0.4, 0.5) is 0 Å². The molecule has 2 nitrogen and oxygen atoms in total. The molecule has 0 aliphatic heterocycles. The van der Waals surface area contributed by atoms with Crippen molar-refractivity contribution in [3.63, 3.8) is 0 Å². The Kier molecular flexibility index (Phi) is 6.77. The SMILES string of the molecule is CCC([SiH](C)O[SiH3])[SiH](C)O[SiH3]. The van der Waals surface area contributed by atoms with Gasteiger partial charge in [-0.15, -0.1) is 0 Å². The van der Waals surface area contributed by atoms with Crippen molar-refractivity contribution in [1.82, 2.24) is 0 Å². The third-order valence-corrected chi connectivity index (χ3v) is 15.0. The fraction of sp³-hybridized carbons (Fsp3) is 1.00. The first kappa shape index (κ1) is 11.8. The lowest BCUT2D eigenvalue weighted by molar-refractivity contribution is 0.586. The molecule has 2 unspecified atom stereocenters. The molecule has 0 radical (unpaired) electrons. The molecule has 11 heavy (non-hydrogen) atoms. The molecule has 0 aliphatic carbocycles. The Morgan fingerprint density at radius 3 is 1.73 bits per heavy atom. The van der Waals surface area contributed by atoms with Crippen LogP contribution in [0.2, 0.25) is 18.3 Å². The third kappa shape index (κ3) is 3.81. The molecule has 0 spiro atoms. The summed E-state index contributed by atoms with van der Waals surface area (Å²) in [5, 5.41) is 0.852. The molecule has 0 aromatic carbocycles. The Hall–Kier alpha value is 0.788. The minimum Gasteiger partial charge on any atom is -0.466 e. The molecule has 0 amide bonds. The molecular formula is C5H20O2Si4. The Balaban J connectivity index is 3.92. The molecule has 0 bridgehead atoms. The first-order valence-electron chi connectivity index (χ1n) is 4.22. The second kappa shape index (κ2) is 6.32. The second-order valence-electron chi connectivity index (χ2n) is 2.95. The molecule has 0 N–H and O–H groups in total. The van der Waals surface area contributed by atoms with Gasteiger partial charge >= 0.3 is 0 Å². The molecule has 6 heteroatoms. The van der Waals surface area contributed by atoms with Crippen LogP contribution in [0.25, 0.3) is 0 Å². The Morgan fingerprint density at radius 1 is 1.18 bits per heavy atom. The maximum atomic E-state index is 5.57. The van der Waals surface area contributed by atoms with E-state index in [0.717, 1.165) is 26.1 Å². The Labute approximate surface area is 79.2 Å². The van der Waals surface area contributed by atoms with Crippen LogP contribution in [0.5, 0.6) is 0 Å². The van der Waals surface area contributed by atoms with Gasteiger partial charge in [-0.1, -0.05) is 13.3 Å². The summed E-state index contributed by atoms with van der Waals surface area (Å²) in [7, 11) is 0.124. The summed E-state index contributed by atoms with van der Waals surface area (Å²) >= 11 is 0. The van der Waals surface area contributed by atoms with Gasteiger partial charge in [0, 0.05) is 0 Å². The van der Waals surface area contributed by atoms with E-state index < -0.39 is 18.1 Å². The third-order valence-electron chi connectivity index (χ3n) is 2.42. The van der Waals surface area contributed by atoms with Gasteiger partial charge in [-0.05, 0) is 18.3 Å². The lowest BCUT2D eigenvalue weighted by Crippen LogP contribution is -2.32. The van der Waals surface area contributed by atoms with Crippen LogP contribution in [0, 0.1) is 0 Å². The summed E-state index contributed by atoms with van der Waals surface area (Å²) in [6, 6.07) is 0. The van der Waals surface area contributed by atoms with Gasteiger partial charge < -0.3 is 8.23 Å². The van der Waals surface area contributed by atoms with Crippen LogP contribution in [0.3, 0.4) is 0 Å². The van der Waals surface area contributed by atoms with Gasteiger partial charge in [-0.3, -0.25) is 0 Å². The maximum Gasteiger partial charge on any atom is 0.161 e. The molecule has 2 atom stereocenters. The zero-order chi connectivity index (χ0) is 8.85. The van der Waals surface area contributed by atoms with Crippen molar-refractivity contribution in [3.8, 4) is 0 Å². The number of rotatable bonds is 5. The quantitative estimate of drug-likeness (QED) is 0.536. The second-order valence-corrected chi connectivity index (χ2v) is 12.0. The van der Waals surface area contributed by atoms with Crippen LogP contribution in [-0.2, 0) is 8.23 Å². The summed E-state index contributed by atoms with van der Waals surface area (Å²) in [6.45, 7) is 6.88. The predicted octanol–water partition coefficient (Wildman–Crippen LogP) is -1.39. The summed E-state index contributed by atoms with van der Waals surface area (Å²) < 4.78 is 11.1. The summed E-state index contributed by atoms with van der Waals surface area (Å²) in [6.07, 6.45) is 1.27. The molecule has 0 aromatic heterocycles. The molecule has 0 saturated heterocycles. The van der Waals surface area contributed by atoms with Crippen LogP contribution >= 0.6 is 0 Å². The van der Waals surface area contributed by atoms with E-state index in [1.165, 1.54) is 6.42 Å². The highest BCUT2D eigenvalue weighted by Gasteiger charge is 2.23. The first-order valence-corrected chi connectivity index (χ1v) is 10.4. The van der Waals surface area contributed by atoms with Gasteiger partial charge in [0.05, 0.1) is 0 Å². The summed E-state index contributed by atoms with van der Waals surface area (Å²) in [4.78, 5) is 0. The molecule has 0 aromatic rings. The monoisotopic (exact) mass is 224 g/mol. The van der Waals surface area contributed by atoms with Gasteiger partial charge in [0.1, 0.15) is 21.0 Å². The standard InChI is InChI=1S/C5H20O2Si4/c1-4-5(10(2)6-8)11(3)7-9/h5,10-11H,4H2,1-3,8-9H3. The van der Waals surface area contributed by atoms with E-state index in [1.807, 2.05) is 0 Å². The van der Waals surface area contributed by atoms with Gasteiger partial charge in [0.15, 0.2) is 18.1 Å². The van der Waals surface area contributed by atoms with E-state index in [1.54, 1.807) is 0 Å². The van der Waals surface area contributed by atoms with Crippen molar-refractivity contribution >= 4 is 39.1 Å². The van der Waals surface area contributed by atoms with Gasteiger partial charge in [-0.25, -0.2) is 0 Å². The van der Waals surface area contributed by atoms with Crippen molar-refractivity contribution in [1.29, 1.82) is 0 Å². The molecule has 0 rings (SSSR count). The minimum atomic E-state index is -0.851. The van der Waals surface area contributed by atoms with E-state index in [-0.39, 0.29) is 0 Å². The minimum absolute atomic E-state index is 0.851. The van der Waals surface area contributed by atoms with Crippen LogP contribution in [0.15, 0.2) is 0 Å². The largest absolute Gasteiger partial charge is 0.466 e. The fourth-order valence-electron chi connectivity index (χ4n) is 1.40.